The number of rotatable bonds is 3. The van der Waals surface area contributed by atoms with Crippen molar-refractivity contribution in [2.75, 3.05) is 0 Å². The molecule has 4 rings (SSSR count). The molecule has 3 aliphatic carbocycles. The van der Waals surface area contributed by atoms with Crippen molar-refractivity contribution in [2.45, 2.75) is 69.1 Å². The quantitative estimate of drug-likeness (QED) is 0.739. The van der Waals surface area contributed by atoms with E-state index in [-0.39, 0.29) is 0 Å². The lowest BCUT2D eigenvalue weighted by Crippen LogP contribution is -2.15. The summed E-state index contributed by atoms with van der Waals surface area (Å²) in [6, 6.07) is 0. The van der Waals surface area contributed by atoms with Crippen LogP contribution in [0.4, 0.5) is 0 Å². The molecule has 3 heteroatoms. The topological polar surface area (TPSA) is 26.0 Å². The number of aromatic nitrogens is 1. The van der Waals surface area contributed by atoms with Gasteiger partial charge < -0.3 is 4.52 Å². The van der Waals surface area contributed by atoms with E-state index in [1.807, 2.05) is 0 Å². The Morgan fingerprint density at radius 3 is 2.33 bits per heavy atom. The molecule has 0 unspecified atom stereocenters. The second kappa shape index (κ2) is 4.00. The van der Waals surface area contributed by atoms with Crippen LogP contribution in [0.5, 0.6) is 0 Å². The van der Waals surface area contributed by atoms with Gasteiger partial charge >= 0.3 is 0 Å². The molecule has 0 amide bonds. The number of hydrogen-bond donors (Lipinski definition) is 0. The fraction of sp³-hybridized carbons (Fsp3) is 0.800. The second-order valence-electron chi connectivity index (χ2n) is 6.59. The van der Waals surface area contributed by atoms with E-state index in [0.717, 1.165) is 11.2 Å². The van der Waals surface area contributed by atoms with Gasteiger partial charge in [-0.2, -0.15) is 0 Å². The van der Waals surface area contributed by atoms with Crippen LogP contribution in [0.15, 0.2) is 4.52 Å². The van der Waals surface area contributed by atoms with E-state index in [1.54, 1.807) is 0 Å². The summed E-state index contributed by atoms with van der Waals surface area (Å²) >= 11 is 6.14. The molecule has 3 saturated carbocycles. The van der Waals surface area contributed by atoms with Crippen molar-refractivity contribution in [1.82, 2.24) is 5.16 Å². The van der Waals surface area contributed by atoms with Crippen LogP contribution in [0.3, 0.4) is 0 Å². The van der Waals surface area contributed by atoms with E-state index in [4.69, 9.17) is 16.1 Å². The van der Waals surface area contributed by atoms with Gasteiger partial charge in [-0.05, 0) is 56.8 Å². The highest BCUT2D eigenvalue weighted by Gasteiger charge is 2.46. The molecule has 3 aliphatic rings. The van der Waals surface area contributed by atoms with E-state index in [2.05, 4.69) is 5.16 Å². The fourth-order valence-electron chi connectivity index (χ4n) is 3.64. The molecule has 0 aliphatic heterocycles. The van der Waals surface area contributed by atoms with E-state index in [1.165, 1.54) is 62.6 Å². The molecule has 1 spiro atoms. The molecule has 3 fully saturated rings. The van der Waals surface area contributed by atoms with Crippen molar-refractivity contribution < 1.29 is 4.52 Å². The van der Waals surface area contributed by atoms with Gasteiger partial charge in [0.1, 0.15) is 5.76 Å². The van der Waals surface area contributed by atoms with Gasteiger partial charge in [-0.25, -0.2) is 0 Å². The summed E-state index contributed by atoms with van der Waals surface area (Å²) < 4.78 is 5.60. The molecular formula is C15H20ClNO. The molecule has 1 heterocycles. The van der Waals surface area contributed by atoms with Gasteiger partial charge in [-0.15, -0.1) is 11.6 Å². The molecule has 98 valence electrons. The van der Waals surface area contributed by atoms with Crippen LogP contribution in [-0.4, -0.2) is 5.16 Å². The first kappa shape index (κ1) is 11.3. The monoisotopic (exact) mass is 265 g/mol. The van der Waals surface area contributed by atoms with Gasteiger partial charge in [0.15, 0.2) is 0 Å². The molecule has 0 atom stereocenters. The molecule has 0 bridgehead atoms. The third-order valence-electron chi connectivity index (χ3n) is 5.32. The minimum atomic E-state index is 0.576. The zero-order valence-electron chi connectivity index (χ0n) is 10.8. The van der Waals surface area contributed by atoms with Gasteiger partial charge in [-0.1, -0.05) is 5.16 Å². The van der Waals surface area contributed by atoms with Crippen LogP contribution in [0.2, 0.25) is 0 Å². The number of hydrogen-bond acceptors (Lipinski definition) is 2. The molecular weight excluding hydrogens is 246 g/mol. The van der Waals surface area contributed by atoms with Crippen molar-refractivity contribution in [3.05, 3.63) is 17.0 Å². The SMILES string of the molecule is ClCc1c(C2CCC3(CC2)CC3)noc1C1CC1. The minimum absolute atomic E-state index is 0.576. The molecule has 0 saturated heterocycles. The molecule has 2 nitrogen and oxygen atoms in total. The smallest absolute Gasteiger partial charge is 0.144 e. The van der Waals surface area contributed by atoms with Gasteiger partial charge in [0.05, 0.1) is 11.6 Å². The average molecular weight is 266 g/mol. The van der Waals surface area contributed by atoms with Gasteiger partial charge in [0.25, 0.3) is 0 Å². The Morgan fingerprint density at radius 1 is 1.06 bits per heavy atom. The summed E-state index contributed by atoms with van der Waals surface area (Å²) in [7, 11) is 0. The van der Waals surface area contributed by atoms with Crippen LogP contribution in [-0.2, 0) is 5.88 Å². The Bertz CT molecular complexity index is 449. The van der Waals surface area contributed by atoms with Crippen molar-refractivity contribution in [1.29, 1.82) is 0 Å². The van der Waals surface area contributed by atoms with Crippen molar-refractivity contribution in [3.8, 4) is 0 Å². The number of nitrogens with zero attached hydrogens (tertiary/aromatic N) is 1. The highest BCUT2D eigenvalue weighted by atomic mass is 35.5. The molecule has 1 aromatic rings. The first-order valence-corrected chi connectivity index (χ1v) is 7.89. The lowest BCUT2D eigenvalue weighted by atomic mass is 9.77. The Balaban J connectivity index is 1.56. The Kier molecular flexibility index (Phi) is 2.52. The Morgan fingerprint density at radius 2 is 1.78 bits per heavy atom. The second-order valence-corrected chi connectivity index (χ2v) is 6.86. The van der Waals surface area contributed by atoms with E-state index < -0.39 is 0 Å². The number of halogens is 1. The maximum absolute atomic E-state index is 6.14. The summed E-state index contributed by atoms with van der Waals surface area (Å²) in [5, 5.41) is 4.38. The largest absolute Gasteiger partial charge is 0.360 e. The lowest BCUT2D eigenvalue weighted by molar-refractivity contribution is 0.292. The van der Waals surface area contributed by atoms with Gasteiger partial charge in [0.2, 0.25) is 0 Å². The van der Waals surface area contributed by atoms with Crippen LogP contribution in [0.1, 0.15) is 80.2 Å². The van der Waals surface area contributed by atoms with Gasteiger partial charge in [0, 0.05) is 17.4 Å². The predicted octanol–water partition coefficient (Wildman–Crippen LogP) is 4.73. The maximum atomic E-state index is 6.14. The zero-order valence-corrected chi connectivity index (χ0v) is 11.5. The normalized spacial score (nSPS) is 26.7. The predicted molar refractivity (Wildman–Crippen MR) is 70.9 cm³/mol. The van der Waals surface area contributed by atoms with Crippen LogP contribution < -0.4 is 0 Å². The first-order chi connectivity index (χ1) is 8.81. The molecule has 0 radical (unpaired) electrons. The van der Waals surface area contributed by atoms with Crippen molar-refractivity contribution in [3.63, 3.8) is 0 Å². The third kappa shape index (κ3) is 1.80. The summed E-state index contributed by atoms with van der Waals surface area (Å²) in [4.78, 5) is 0. The molecule has 0 N–H and O–H groups in total. The maximum Gasteiger partial charge on any atom is 0.144 e. The minimum Gasteiger partial charge on any atom is -0.360 e. The van der Waals surface area contributed by atoms with Crippen LogP contribution in [0, 0.1) is 5.41 Å². The van der Waals surface area contributed by atoms with E-state index in [9.17, 15) is 0 Å². The van der Waals surface area contributed by atoms with Crippen molar-refractivity contribution >= 4 is 11.6 Å². The standard InChI is InChI=1S/C15H20ClNO/c16-9-12-13(17-18-14(12)11-1-2-11)10-3-5-15(6-4-10)7-8-15/h10-11H,1-9H2. The summed E-state index contributed by atoms with van der Waals surface area (Å²) in [6.07, 6.45) is 10.8. The summed E-state index contributed by atoms with van der Waals surface area (Å²) in [5.74, 6) is 2.91. The van der Waals surface area contributed by atoms with Gasteiger partial charge in [-0.3, -0.25) is 0 Å². The third-order valence-corrected chi connectivity index (χ3v) is 5.59. The van der Waals surface area contributed by atoms with Crippen molar-refractivity contribution in [2.24, 2.45) is 5.41 Å². The molecule has 0 aromatic carbocycles. The van der Waals surface area contributed by atoms with E-state index in [0.29, 0.717) is 17.7 Å². The fourth-order valence-corrected chi connectivity index (χ4v) is 3.91. The summed E-state index contributed by atoms with van der Waals surface area (Å²) in [5.41, 5.74) is 3.18. The Labute approximate surface area is 113 Å². The van der Waals surface area contributed by atoms with Crippen LogP contribution in [0.25, 0.3) is 0 Å². The van der Waals surface area contributed by atoms with Crippen LogP contribution >= 0.6 is 11.6 Å². The highest BCUT2D eigenvalue weighted by Crippen LogP contribution is 2.59. The first-order valence-electron chi connectivity index (χ1n) is 7.36. The Hall–Kier alpha value is -0.500. The number of alkyl halides is 1. The molecule has 1 aromatic heterocycles. The highest BCUT2D eigenvalue weighted by molar-refractivity contribution is 6.17. The lowest BCUT2D eigenvalue weighted by Gasteiger charge is -2.27. The molecule has 18 heavy (non-hydrogen) atoms. The van der Waals surface area contributed by atoms with E-state index >= 15 is 0 Å². The average Bonchev–Trinajstić information content (AvgIpc) is 3.32. The summed E-state index contributed by atoms with van der Waals surface area (Å²) in [6.45, 7) is 0. The zero-order chi connectivity index (χ0) is 12.2.